The lowest BCUT2D eigenvalue weighted by Crippen LogP contribution is -2.11. The molecule has 0 bridgehead atoms. The van der Waals surface area contributed by atoms with Gasteiger partial charge >= 0.3 is 5.56 Å². The molecule has 5 rings (SSSR count). The fraction of sp³-hybridized carbons (Fsp3) is 0.0588. The first-order valence-corrected chi connectivity index (χ1v) is 8.37. The van der Waals surface area contributed by atoms with Crippen LogP contribution in [0.5, 0.6) is 0 Å². The number of benzene rings is 2. The van der Waals surface area contributed by atoms with Crippen molar-refractivity contribution in [3.63, 3.8) is 0 Å². The molecule has 3 aromatic carbocycles. The van der Waals surface area contributed by atoms with E-state index in [1.54, 1.807) is 0 Å². The van der Waals surface area contributed by atoms with Crippen LogP contribution in [-0.4, -0.2) is 26.2 Å². The predicted octanol–water partition coefficient (Wildman–Crippen LogP) is 3.33. The summed E-state index contributed by atoms with van der Waals surface area (Å²) in [5.74, 6) is 0. The molecule has 110 valence electrons. The van der Waals surface area contributed by atoms with Gasteiger partial charge in [0.1, 0.15) is 0 Å². The highest BCUT2D eigenvalue weighted by molar-refractivity contribution is 7.98. The van der Waals surface area contributed by atoms with Crippen LogP contribution in [0.25, 0.3) is 43.7 Å². The van der Waals surface area contributed by atoms with E-state index < -0.39 is 0 Å². The normalized spacial score (nSPS) is 12.0. The van der Waals surface area contributed by atoms with Crippen LogP contribution >= 0.6 is 11.8 Å². The number of hydrogen-bond donors (Lipinski definition) is 1. The number of aromatic amines is 1. The van der Waals surface area contributed by atoms with E-state index in [1.807, 2.05) is 24.5 Å². The van der Waals surface area contributed by atoms with Gasteiger partial charge in [-0.1, -0.05) is 48.2 Å². The molecule has 0 aliphatic rings. The van der Waals surface area contributed by atoms with Crippen molar-refractivity contribution >= 4 is 55.5 Å². The highest BCUT2D eigenvalue weighted by Gasteiger charge is 2.15. The average molecular weight is 318 g/mol. The van der Waals surface area contributed by atoms with E-state index in [1.165, 1.54) is 11.8 Å². The summed E-state index contributed by atoms with van der Waals surface area (Å²) in [5.41, 5.74) is 2.13. The molecule has 0 saturated carbocycles. The first kappa shape index (κ1) is 12.8. The fourth-order valence-corrected chi connectivity index (χ4v) is 3.53. The van der Waals surface area contributed by atoms with Gasteiger partial charge in [-0.05, 0) is 11.6 Å². The summed E-state index contributed by atoms with van der Waals surface area (Å²) < 4.78 is 0. The number of nitrogens with one attached hydrogen (secondary N) is 1. The molecule has 5 nitrogen and oxygen atoms in total. The molecular formula is C17H10N4OS. The quantitative estimate of drug-likeness (QED) is 0.379. The van der Waals surface area contributed by atoms with E-state index in [2.05, 4.69) is 38.1 Å². The number of fused-ring (bicyclic) bond motifs is 4. The van der Waals surface area contributed by atoms with Gasteiger partial charge in [0.15, 0.2) is 16.3 Å². The molecule has 2 heterocycles. The SMILES string of the molecule is CSc1nc(=O)c2nc3c4cccc5cccc(c3[nH]c2n1)c54. The standard InChI is InChI=1S/C17H10N4OS/c1-23-17-20-15-14(16(22)21-17)18-12-9-6-2-4-8-5-3-7-10(11(8)9)13(12)19-15/h2-7H,1H3,(H,19,20,21,22). The van der Waals surface area contributed by atoms with Gasteiger partial charge in [0.05, 0.1) is 11.0 Å². The molecule has 6 heteroatoms. The zero-order valence-corrected chi connectivity index (χ0v) is 12.9. The average Bonchev–Trinajstić information content (AvgIpc) is 2.89. The van der Waals surface area contributed by atoms with Crippen LogP contribution in [-0.2, 0) is 0 Å². The van der Waals surface area contributed by atoms with Crippen molar-refractivity contribution in [1.29, 1.82) is 0 Å². The first-order valence-electron chi connectivity index (χ1n) is 7.15. The monoisotopic (exact) mass is 318 g/mol. The second-order valence-electron chi connectivity index (χ2n) is 5.38. The lowest BCUT2D eigenvalue weighted by molar-refractivity contribution is 0.960. The lowest BCUT2D eigenvalue weighted by Gasteiger charge is -2.00. The molecule has 0 radical (unpaired) electrons. The maximum atomic E-state index is 12.2. The smallest absolute Gasteiger partial charge is 0.301 e. The van der Waals surface area contributed by atoms with Gasteiger partial charge < -0.3 is 4.98 Å². The van der Waals surface area contributed by atoms with E-state index in [0.29, 0.717) is 10.8 Å². The van der Waals surface area contributed by atoms with Crippen LogP contribution in [0.2, 0.25) is 0 Å². The summed E-state index contributed by atoms with van der Waals surface area (Å²) in [6.07, 6.45) is 1.85. The summed E-state index contributed by atoms with van der Waals surface area (Å²) in [4.78, 5) is 28.5. The Bertz CT molecular complexity index is 1270. The van der Waals surface area contributed by atoms with Crippen LogP contribution in [0.4, 0.5) is 0 Å². The molecule has 0 aliphatic carbocycles. The Balaban J connectivity index is 2.09. The summed E-state index contributed by atoms with van der Waals surface area (Å²) in [6, 6.07) is 12.3. The topological polar surface area (TPSA) is 71.5 Å². The molecule has 2 aromatic heterocycles. The minimum atomic E-state index is -0.346. The second kappa shape index (κ2) is 4.39. The van der Waals surface area contributed by atoms with Crippen LogP contribution in [0.1, 0.15) is 0 Å². The molecule has 0 amide bonds. The van der Waals surface area contributed by atoms with Gasteiger partial charge in [-0.3, -0.25) is 4.79 Å². The largest absolute Gasteiger partial charge is 0.336 e. The Morgan fingerprint density at radius 3 is 2.52 bits per heavy atom. The molecule has 0 saturated heterocycles. The molecular weight excluding hydrogens is 308 g/mol. The number of hydrogen-bond acceptors (Lipinski definition) is 5. The number of nitrogens with zero attached hydrogens (tertiary/aromatic N) is 3. The van der Waals surface area contributed by atoms with E-state index in [9.17, 15) is 4.79 Å². The molecule has 0 aliphatic heterocycles. The van der Waals surface area contributed by atoms with Crippen molar-refractivity contribution in [3.8, 4) is 0 Å². The molecule has 0 atom stereocenters. The molecule has 1 N–H and O–H groups in total. The zero-order valence-electron chi connectivity index (χ0n) is 12.1. The molecule has 23 heavy (non-hydrogen) atoms. The first-order chi connectivity index (χ1) is 11.3. The van der Waals surface area contributed by atoms with Crippen molar-refractivity contribution in [1.82, 2.24) is 19.9 Å². The minimum absolute atomic E-state index is 0.284. The third-order valence-corrected chi connectivity index (χ3v) is 4.69. The summed E-state index contributed by atoms with van der Waals surface area (Å²) in [5, 5.41) is 4.91. The Kier molecular flexibility index (Phi) is 2.44. The molecule has 0 fully saturated rings. The summed E-state index contributed by atoms with van der Waals surface area (Å²) in [6.45, 7) is 0. The fourth-order valence-electron chi connectivity index (χ4n) is 3.18. The molecule has 0 spiro atoms. The van der Waals surface area contributed by atoms with E-state index >= 15 is 0 Å². The lowest BCUT2D eigenvalue weighted by atomic mass is 10.1. The van der Waals surface area contributed by atoms with Crippen molar-refractivity contribution in [3.05, 3.63) is 46.8 Å². The van der Waals surface area contributed by atoms with Crippen molar-refractivity contribution in [2.75, 3.05) is 6.26 Å². The molecule has 5 aromatic rings. The third kappa shape index (κ3) is 1.64. The Morgan fingerprint density at radius 2 is 1.74 bits per heavy atom. The maximum Gasteiger partial charge on any atom is 0.301 e. The Morgan fingerprint density at radius 1 is 0.957 bits per heavy atom. The predicted molar refractivity (Wildman–Crippen MR) is 93.4 cm³/mol. The van der Waals surface area contributed by atoms with Crippen molar-refractivity contribution < 1.29 is 0 Å². The number of aromatic nitrogens is 4. The number of thioether (sulfide) groups is 1. The highest BCUT2D eigenvalue weighted by Crippen LogP contribution is 2.36. The van der Waals surface area contributed by atoms with Crippen LogP contribution in [0, 0.1) is 0 Å². The second-order valence-corrected chi connectivity index (χ2v) is 6.16. The number of rotatable bonds is 1. The Labute approximate surface area is 134 Å². The van der Waals surface area contributed by atoms with Crippen LogP contribution < -0.4 is 5.56 Å². The van der Waals surface area contributed by atoms with Crippen LogP contribution in [0.3, 0.4) is 0 Å². The molecule has 0 unspecified atom stereocenters. The van der Waals surface area contributed by atoms with Gasteiger partial charge in [0.2, 0.25) is 0 Å². The summed E-state index contributed by atoms with van der Waals surface area (Å²) in [7, 11) is 0. The highest BCUT2D eigenvalue weighted by atomic mass is 32.2. The van der Waals surface area contributed by atoms with Gasteiger partial charge in [0, 0.05) is 16.2 Å². The zero-order chi connectivity index (χ0) is 15.6. The van der Waals surface area contributed by atoms with E-state index in [4.69, 9.17) is 0 Å². The van der Waals surface area contributed by atoms with Gasteiger partial charge in [-0.15, -0.1) is 0 Å². The maximum absolute atomic E-state index is 12.2. The van der Waals surface area contributed by atoms with Crippen molar-refractivity contribution in [2.24, 2.45) is 0 Å². The number of H-pyrrole nitrogens is 1. The van der Waals surface area contributed by atoms with Crippen LogP contribution in [0.15, 0.2) is 46.3 Å². The minimum Gasteiger partial charge on any atom is -0.336 e. The van der Waals surface area contributed by atoms with E-state index in [-0.39, 0.29) is 11.1 Å². The van der Waals surface area contributed by atoms with Crippen molar-refractivity contribution in [2.45, 2.75) is 5.16 Å². The van der Waals surface area contributed by atoms with Gasteiger partial charge in [-0.2, -0.15) is 4.98 Å². The van der Waals surface area contributed by atoms with Gasteiger partial charge in [-0.25, -0.2) is 9.97 Å². The summed E-state index contributed by atoms with van der Waals surface area (Å²) >= 11 is 1.34. The third-order valence-electron chi connectivity index (χ3n) is 4.15. The van der Waals surface area contributed by atoms with E-state index in [0.717, 1.165) is 32.6 Å². The Hall–Kier alpha value is -2.73. The van der Waals surface area contributed by atoms with Gasteiger partial charge in [0.25, 0.3) is 0 Å².